The van der Waals surface area contributed by atoms with Crippen molar-refractivity contribution in [3.05, 3.63) is 0 Å². The minimum absolute atomic E-state index is 0.290. The normalized spacial score (nSPS) is 17.1. The molecule has 5 heteroatoms. The summed E-state index contributed by atoms with van der Waals surface area (Å²) in [4.78, 5) is 19.8. The molecule has 0 aliphatic carbocycles. The Bertz CT molecular complexity index is 225. The number of aliphatic carboxylic acids is 2. The lowest BCUT2D eigenvalue weighted by atomic mass is 9.88. The third-order valence-electron chi connectivity index (χ3n) is 2.22. The standard InChI is InChI=1S/C9H15ClO4/c1-3-4-5-6(7(11)12)9(2,10)8(13)14/h6H,3-5H2,1-2H3,(H,11,12)(H,13,14). The molecule has 0 amide bonds. The largest absolute Gasteiger partial charge is 0.481 e. The molecule has 0 heterocycles. The number of rotatable bonds is 6. The van der Waals surface area contributed by atoms with Crippen LogP contribution in [0.1, 0.15) is 33.1 Å². The Hall–Kier alpha value is -0.770. The van der Waals surface area contributed by atoms with Crippen LogP contribution in [0.4, 0.5) is 0 Å². The van der Waals surface area contributed by atoms with Gasteiger partial charge in [0, 0.05) is 0 Å². The highest BCUT2D eigenvalue weighted by atomic mass is 35.5. The fourth-order valence-electron chi connectivity index (χ4n) is 1.18. The summed E-state index contributed by atoms with van der Waals surface area (Å²) in [5, 5.41) is 17.6. The maximum Gasteiger partial charge on any atom is 0.325 e. The average Bonchev–Trinajstić information content (AvgIpc) is 2.03. The molecule has 0 radical (unpaired) electrons. The summed E-state index contributed by atoms with van der Waals surface area (Å²) in [5.41, 5.74) is 0. The Balaban J connectivity index is 4.64. The van der Waals surface area contributed by atoms with E-state index in [9.17, 15) is 9.59 Å². The summed E-state index contributed by atoms with van der Waals surface area (Å²) in [6.45, 7) is 3.14. The second kappa shape index (κ2) is 5.20. The lowest BCUT2D eigenvalue weighted by Gasteiger charge is -2.24. The van der Waals surface area contributed by atoms with Gasteiger partial charge in [-0.25, -0.2) is 0 Å². The van der Waals surface area contributed by atoms with Crippen molar-refractivity contribution in [3.8, 4) is 0 Å². The number of carboxylic acids is 2. The van der Waals surface area contributed by atoms with E-state index >= 15 is 0 Å². The third kappa shape index (κ3) is 3.18. The molecule has 0 aromatic heterocycles. The van der Waals surface area contributed by atoms with Crippen LogP contribution in [0, 0.1) is 5.92 Å². The number of unbranched alkanes of at least 4 members (excludes halogenated alkanes) is 1. The SMILES string of the molecule is CCCCC(C(=O)O)C(C)(Cl)C(=O)O. The van der Waals surface area contributed by atoms with E-state index in [0.717, 1.165) is 6.42 Å². The molecule has 0 aromatic rings. The van der Waals surface area contributed by atoms with Gasteiger partial charge in [0.2, 0.25) is 0 Å². The Morgan fingerprint density at radius 1 is 1.43 bits per heavy atom. The first-order valence-electron chi connectivity index (χ1n) is 4.49. The topological polar surface area (TPSA) is 74.6 Å². The highest BCUT2D eigenvalue weighted by molar-refractivity contribution is 6.34. The van der Waals surface area contributed by atoms with Gasteiger partial charge in [0.05, 0.1) is 5.92 Å². The quantitative estimate of drug-likeness (QED) is 0.674. The second-order valence-corrected chi connectivity index (χ2v) is 4.20. The molecule has 2 atom stereocenters. The van der Waals surface area contributed by atoms with E-state index < -0.39 is 22.7 Å². The van der Waals surface area contributed by atoms with Crippen molar-refractivity contribution >= 4 is 23.5 Å². The Morgan fingerprint density at radius 2 is 1.93 bits per heavy atom. The van der Waals surface area contributed by atoms with E-state index in [4.69, 9.17) is 21.8 Å². The van der Waals surface area contributed by atoms with Crippen LogP contribution in [0.5, 0.6) is 0 Å². The number of alkyl halides is 1. The van der Waals surface area contributed by atoms with E-state index in [0.29, 0.717) is 6.42 Å². The lowest BCUT2D eigenvalue weighted by molar-refractivity contribution is -0.151. The Morgan fingerprint density at radius 3 is 2.21 bits per heavy atom. The zero-order valence-electron chi connectivity index (χ0n) is 8.29. The van der Waals surface area contributed by atoms with Crippen molar-refractivity contribution in [1.82, 2.24) is 0 Å². The highest BCUT2D eigenvalue weighted by Crippen LogP contribution is 2.30. The first-order valence-corrected chi connectivity index (χ1v) is 4.87. The van der Waals surface area contributed by atoms with E-state index in [2.05, 4.69) is 0 Å². The van der Waals surface area contributed by atoms with Gasteiger partial charge in [-0.1, -0.05) is 19.8 Å². The van der Waals surface area contributed by atoms with Gasteiger partial charge in [0.1, 0.15) is 0 Å². The van der Waals surface area contributed by atoms with Gasteiger partial charge in [-0.2, -0.15) is 0 Å². The first kappa shape index (κ1) is 13.2. The predicted molar refractivity (Wildman–Crippen MR) is 52.5 cm³/mol. The zero-order valence-corrected chi connectivity index (χ0v) is 9.04. The summed E-state index contributed by atoms with van der Waals surface area (Å²) in [5.74, 6) is -3.48. The molecule has 0 spiro atoms. The van der Waals surface area contributed by atoms with Crippen LogP contribution in [-0.2, 0) is 9.59 Å². The molecule has 0 aliphatic rings. The van der Waals surface area contributed by atoms with Crippen LogP contribution in [0.2, 0.25) is 0 Å². The number of halogens is 1. The molecule has 0 rings (SSSR count). The molecule has 0 saturated carbocycles. The van der Waals surface area contributed by atoms with Gasteiger partial charge < -0.3 is 10.2 Å². The molecular formula is C9H15ClO4. The molecule has 0 aromatic carbocycles. The molecule has 0 saturated heterocycles. The van der Waals surface area contributed by atoms with Gasteiger partial charge in [-0.3, -0.25) is 9.59 Å². The van der Waals surface area contributed by atoms with Crippen molar-refractivity contribution in [1.29, 1.82) is 0 Å². The lowest BCUT2D eigenvalue weighted by Crippen LogP contribution is -2.41. The van der Waals surface area contributed by atoms with Crippen LogP contribution in [0.15, 0.2) is 0 Å². The predicted octanol–water partition coefficient (Wildman–Crippen LogP) is 1.96. The molecule has 4 nitrogen and oxygen atoms in total. The van der Waals surface area contributed by atoms with E-state index in [1.165, 1.54) is 6.92 Å². The maximum absolute atomic E-state index is 10.8. The van der Waals surface area contributed by atoms with Crippen LogP contribution < -0.4 is 0 Å². The number of carboxylic acid groups (broad SMARTS) is 2. The van der Waals surface area contributed by atoms with Gasteiger partial charge >= 0.3 is 11.9 Å². The second-order valence-electron chi connectivity index (χ2n) is 3.41. The fraction of sp³-hybridized carbons (Fsp3) is 0.778. The monoisotopic (exact) mass is 222 g/mol. The molecule has 2 N–H and O–H groups in total. The summed E-state index contributed by atoms with van der Waals surface area (Å²) in [6.07, 6.45) is 1.76. The van der Waals surface area contributed by atoms with Crippen molar-refractivity contribution in [2.24, 2.45) is 5.92 Å². The summed E-state index contributed by atoms with van der Waals surface area (Å²) in [7, 11) is 0. The van der Waals surface area contributed by atoms with Gasteiger partial charge in [0.25, 0.3) is 0 Å². The molecule has 14 heavy (non-hydrogen) atoms. The van der Waals surface area contributed by atoms with Crippen LogP contribution >= 0.6 is 11.6 Å². The summed E-state index contributed by atoms with van der Waals surface area (Å²) < 4.78 is 0. The summed E-state index contributed by atoms with van der Waals surface area (Å²) >= 11 is 5.69. The van der Waals surface area contributed by atoms with Crippen LogP contribution in [-0.4, -0.2) is 27.0 Å². The molecule has 0 aliphatic heterocycles. The van der Waals surface area contributed by atoms with E-state index in [-0.39, 0.29) is 6.42 Å². The highest BCUT2D eigenvalue weighted by Gasteiger charge is 2.43. The third-order valence-corrected chi connectivity index (χ3v) is 2.64. The van der Waals surface area contributed by atoms with E-state index in [1.807, 2.05) is 6.92 Å². The van der Waals surface area contributed by atoms with Gasteiger partial charge in [-0.05, 0) is 13.3 Å². The van der Waals surface area contributed by atoms with Crippen molar-refractivity contribution in [3.63, 3.8) is 0 Å². The van der Waals surface area contributed by atoms with E-state index in [1.54, 1.807) is 0 Å². The number of hydrogen-bond donors (Lipinski definition) is 2. The number of hydrogen-bond acceptors (Lipinski definition) is 2. The number of carbonyl (C=O) groups is 2. The minimum atomic E-state index is -1.72. The van der Waals surface area contributed by atoms with Gasteiger partial charge in [-0.15, -0.1) is 11.6 Å². The molecular weight excluding hydrogens is 208 g/mol. The van der Waals surface area contributed by atoms with Crippen molar-refractivity contribution < 1.29 is 19.8 Å². The fourth-order valence-corrected chi connectivity index (χ4v) is 1.39. The molecule has 0 bridgehead atoms. The first-order chi connectivity index (χ1) is 6.34. The Labute approximate surface area is 87.9 Å². The smallest absolute Gasteiger partial charge is 0.325 e. The molecule has 0 fully saturated rings. The average molecular weight is 223 g/mol. The van der Waals surface area contributed by atoms with Crippen molar-refractivity contribution in [2.75, 3.05) is 0 Å². The zero-order chi connectivity index (χ0) is 11.4. The minimum Gasteiger partial charge on any atom is -0.481 e. The summed E-state index contributed by atoms with van der Waals surface area (Å²) in [6, 6.07) is 0. The molecule has 2 unspecified atom stereocenters. The van der Waals surface area contributed by atoms with Gasteiger partial charge in [0.15, 0.2) is 4.87 Å². The van der Waals surface area contributed by atoms with Crippen LogP contribution in [0.3, 0.4) is 0 Å². The maximum atomic E-state index is 10.8. The van der Waals surface area contributed by atoms with Crippen molar-refractivity contribution in [2.45, 2.75) is 38.0 Å². The molecule has 82 valence electrons. The Kier molecular flexibility index (Phi) is 4.91. The van der Waals surface area contributed by atoms with Crippen LogP contribution in [0.25, 0.3) is 0 Å².